The molecule has 0 radical (unpaired) electrons. The summed E-state index contributed by atoms with van der Waals surface area (Å²) in [7, 11) is 1.48. The molecular formula is C33H35F3O4. The fourth-order valence-electron chi connectivity index (χ4n) is 6.36. The fraction of sp³-hybridized carbons (Fsp3) is 0.424. The molecule has 0 bridgehead atoms. The van der Waals surface area contributed by atoms with Gasteiger partial charge in [-0.25, -0.2) is 13.2 Å². The summed E-state index contributed by atoms with van der Waals surface area (Å²) in [5.41, 5.74) is 1.80. The molecular weight excluding hydrogens is 517 g/mol. The van der Waals surface area contributed by atoms with Crippen LogP contribution in [-0.2, 0) is 11.4 Å². The predicted molar refractivity (Wildman–Crippen MR) is 147 cm³/mol. The van der Waals surface area contributed by atoms with Crippen LogP contribution in [0.4, 0.5) is 13.2 Å². The molecule has 3 aromatic carbocycles. The zero-order valence-corrected chi connectivity index (χ0v) is 23.1. The maximum absolute atomic E-state index is 15.9. The molecule has 0 amide bonds. The monoisotopic (exact) mass is 552 g/mol. The van der Waals surface area contributed by atoms with Crippen LogP contribution in [0.25, 0.3) is 11.1 Å². The van der Waals surface area contributed by atoms with E-state index in [-0.39, 0.29) is 47.2 Å². The molecule has 0 aliphatic heterocycles. The molecule has 2 aliphatic rings. The molecule has 0 spiro atoms. The van der Waals surface area contributed by atoms with Crippen molar-refractivity contribution < 1.29 is 32.5 Å². The summed E-state index contributed by atoms with van der Waals surface area (Å²) in [6.07, 6.45) is 4.41. The van der Waals surface area contributed by atoms with Gasteiger partial charge in [-0.3, -0.25) is 4.79 Å². The molecule has 2 aliphatic carbocycles. The van der Waals surface area contributed by atoms with E-state index in [9.17, 15) is 9.90 Å². The molecule has 0 unspecified atom stereocenters. The number of rotatable bonds is 10. The zero-order chi connectivity index (χ0) is 28.6. The number of carboxylic acids is 1. The van der Waals surface area contributed by atoms with E-state index in [4.69, 9.17) is 9.47 Å². The lowest BCUT2D eigenvalue weighted by Crippen LogP contribution is -2.17. The minimum Gasteiger partial charge on any atom is -0.497 e. The van der Waals surface area contributed by atoms with E-state index in [0.717, 1.165) is 32.1 Å². The summed E-state index contributed by atoms with van der Waals surface area (Å²) in [6, 6.07) is 12.3. The third-order valence-corrected chi connectivity index (χ3v) is 8.63. The highest BCUT2D eigenvalue weighted by molar-refractivity contribution is 5.72. The van der Waals surface area contributed by atoms with Gasteiger partial charge in [0.15, 0.2) is 11.6 Å². The number of halogens is 3. The van der Waals surface area contributed by atoms with E-state index in [2.05, 4.69) is 13.8 Å². The maximum Gasteiger partial charge on any atom is 0.303 e. The quantitative estimate of drug-likeness (QED) is 0.274. The maximum atomic E-state index is 15.9. The Kier molecular flexibility index (Phi) is 7.85. The first-order chi connectivity index (χ1) is 19.1. The van der Waals surface area contributed by atoms with Crippen molar-refractivity contribution in [3.05, 3.63) is 82.7 Å². The van der Waals surface area contributed by atoms with Crippen LogP contribution in [0, 0.1) is 28.8 Å². The summed E-state index contributed by atoms with van der Waals surface area (Å²) in [4.78, 5) is 11.4. The van der Waals surface area contributed by atoms with Crippen LogP contribution in [0.5, 0.6) is 11.5 Å². The predicted octanol–water partition coefficient (Wildman–Crippen LogP) is 8.62. The van der Waals surface area contributed by atoms with Crippen molar-refractivity contribution in [3.63, 3.8) is 0 Å². The molecule has 2 fully saturated rings. The van der Waals surface area contributed by atoms with Crippen LogP contribution in [0.3, 0.4) is 0 Å². The number of aliphatic carboxylic acids is 1. The number of benzene rings is 3. The van der Waals surface area contributed by atoms with Gasteiger partial charge >= 0.3 is 5.97 Å². The Balaban J connectivity index is 1.50. The molecule has 4 nitrogen and oxygen atoms in total. The highest BCUT2D eigenvalue weighted by atomic mass is 19.1. The first-order valence-electron chi connectivity index (χ1n) is 13.9. The third-order valence-electron chi connectivity index (χ3n) is 8.63. The number of hydrogen-bond acceptors (Lipinski definition) is 3. The van der Waals surface area contributed by atoms with Gasteiger partial charge in [0.05, 0.1) is 13.5 Å². The molecule has 2 atom stereocenters. The first kappa shape index (κ1) is 28.1. The van der Waals surface area contributed by atoms with Crippen LogP contribution in [-0.4, -0.2) is 18.2 Å². The fourth-order valence-corrected chi connectivity index (χ4v) is 6.36. The van der Waals surface area contributed by atoms with E-state index in [1.807, 2.05) is 6.07 Å². The minimum atomic E-state index is -0.965. The Morgan fingerprint density at radius 2 is 1.82 bits per heavy atom. The standard InChI is InChI=1S/C33H35F3O4/c1-33(2)13-5-7-26(33)24-14-19(15-28(35)31(24)25-16-21(39-3)11-12-27(25)34)18-40-29-8-4-6-22(32(29)36)23(17-30(37)38)20-9-10-20/h4,6,8,11-12,14-16,20,23,26H,5,7,9-10,13,17-18H2,1-3H3,(H,37,38)/t23-,26-/m0/s1. The largest absolute Gasteiger partial charge is 0.497 e. The lowest BCUT2D eigenvalue weighted by molar-refractivity contribution is -0.137. The van der Waals surface area contributed by atoms with Crippen molar-refractivity contribution in [2.45, 2.75) is 70.8 Å². The van der Waals surface area contributed by atoms with E-state index < -0.39 is 29.3 Å². The van der Waals surface area contributed by atoms with Gasteiger partial charge in [-0.05, 0) is 90.0 Å². The van der Waals surface area contributed by atoms with Gasteiger partial charge in [-0.2, -0.15) is 0 Å². The van der Waals surface area contributed by atoms with Crippen molar-refractivity contribution in [2.75, 3.05) is 7.11 Å². The number of carboxylic acid groups (broad SMARTS) is 1. The van der Waals surface area contributed by atoms with Crippen molar-refractivity contribution >= 4 is 5.97 Å². The molecule has 5 rings (SSSR count). The van der Waals surface area contributed by atoms with Gasteiger partial charge in [0, 0.05) is 17.0 Å². The van der Waals surface area contributed by atoms with Gasteiger partial charge in [0.1, 0.15) is 24.0 Å². The highest BCUT2D eigenvalue weighted by Crippen LogP contribution is 2.52. The van der Waals surface area contributed by atoms with E-state index in [1.165, 1.54) is 37.4 Å². The lowest BCUT2D eigenvalue weighted by Gasteiger charge is -2.30. The molecule has 0 saturated heterocycles. The summed E-state index contributed by atoms with van der Waals surface area (Å²) < 4.78 is 57.7. The Bertz CT molecular complexity index is 1410. The first-order valence-corrected chi connectivity index (χ1v) is 13.9. The Morgan fingerprint density at radius 1 is 1.05 bits per heavy atom. The van der Waals surface area contributed by atoms with Gasteiger partial charge in [-0.15, -0.1) is 0 Å². The molecule has 2 saturated carbocycles. The van der Waals surface area contributed by atoms with E-state index in [0.29, 0.717) is 22.4 Å². The average molecular weight is 553 g/mol. The van der Waals surface area contributed by atoms with Crippen LogP contribution >= 0.6 is 0 Å². The molecule has 7 heteroatoms. The summed E-state index contributed by atoms with van der Waals surface area (Å²) >= 11 is 0. The Morgan fingerprint density at radius 3 is 2.48 bits per heavy atom. The van der Waals surface area contributed by atoms with Crippen molar-refractivity contribution in [1.29, 1.82) is 0 Å². The van der Waals surface area contributed by atoms with Crippen molar-refractivity contribution in [3.8, 4) is 22.6 Å². The number of carbonyl (C=O) groups is 1. The minimum absolute atomic E-state index is 0.000361. The molecule has 1 N–H and O–H groups in total. The molecule has 0 aromatic heterocycles. The van der Waals surface area contributed by atoms with Gasteiger partial charge in [0.2, 0.25) is 0 Å². The van der Waals surface area contributed by atoms with Crippen molar-refractivity contribution in [2.24, 2.45) is 11.3 Å². The SMILES string of the molecule is COc1ccc(F)c(-c2c(F)cc(COc3cccc([C@@H](CC(=O)O)C4CC4)c3F)cc2[C@@H]2CCCC2(C)C)c1. The van der Waals surface area contributed by atoms with E-state index in [1.54, 1.807) is 12.1 Å². The summed E-state index contributed by atoms with van der Waals surface area (Å²) in [5, 5.41) is 9.34. The summed E-state index contributed by atoms with van der Waals surface area (Å²) in [5.74, 6) is -2.48. The second-order valence-electron chi connectivity index (χ2n) is 11.8. The third kappa shape index (κ3) is 5.70. The van der Waals surface area contributed by atoms with Crippen LogP contribution < -0.4 is 9.47 Å². The van der Waals surface area contributed by atoms with Gasteiger partial charge < -0.3 is 14.6 Å². The lowest BCUT2D eigenvalue weighted by atomic mass is 9.75. The number of ether oxygens (including phenoxy) is 2. The highest BCUT2D eigenvalue weighted by Gasteiger charge is 2.38. The van der Waals surface area contributed by atoms with Crippen molar-refractivity contribution in [1.82, 2.24) is 0 Å². The number of methoxy groups -OCH3 is 1. The second-order valence-corrected chi connectivity index (χ2v) is 11.8. The van der Waals surface area contributed by atoms with Gasteiger partial charge in [0.25, 0.3) is 0 Å². The molecule has 40 heavy (non-hydrogen) atoms. The Labute approximate surface area is 233 Å². The topological polar surface area (TPSA) is 55.8 Å². The van der Waals surface area contributed by atoms with Gasteiger partial charge in [-0.1, -0.05) is 38.5 Å². The molecule has 3 aromatic rings. The van der Waals surface area contributed by atoms with Crippen LogP contribution in [0.2, 0.25) is 0 Å². The Hall–Kier alpha value is -3.48. The normalized spacial score (nSPS) is 18.9. The number of hydrogen-bond donors (Lipinski definition) is 1. The van der Waals surface area contributed by atoms with Crippen LogP contribution in [0.1, 0.15) is 80.9 Å². The molecule has 212 valence electrons. The second kappa shape index (κ2) is 11.2. The van der Waals surface area contributed by atoms with Crippen LogP contribution in [0.15, 0.2) is 48.5 Å². The smallest absolute Gasteiger partial charge is 0.303 e. The average Bonchev–Trinajstić information content (AvgIpc) is 3.69. The summed E-state index contributed by atoms with van der Waals surface area (Å²) in [6.45, 7) is 4.20. The zero-order valence-electron chi connectivity index (χ0n) is 23.1. The molecule has 0 heterocycles. The van der Waals surface area contributed by atoms with E-state index >= 15 is 13.2 Å².